The van der Waals surface area contributed by atoms with Gasteiger partial charge in [0.15, 0.2) is 0 Å². The van der Waals surface area contributed by atoms with Crippen molar-refractivity contribution in [3.05, 3.63) is 85.6 Å². The number of carbonyl (C=O) groups is 2. The molecule has 40 heavy (non-hydrogen) atoms. The molecule has 4 aromatic rings. The van der Waals surface area contributed by atoms with Gasteiger partial charge in [0.05, 0.1) is 20.6 Å². The highest BCUT2D eigenvalue weighted by Crippen LogP contribution is 2.27. The van der Waals surface area contributed by atoms with Crippen LogP contribution in [0.25, 0.3) is 16.5 Å². The fourth-order valence-electron chi connectivity index (χ4n) is 3.85. The molecule has 0 saturated heterocycles. The molecule has 210 valence electrons. The Kier molecular flexibility index (Phi) is 8.86. The van der Waals surface area contributed by atoms with Gasteiger partial charge in [-0.1, -0.05) is 40.9 Å². The summed E-state index contributed by atoms with van der Waals surface area (Å²) >= 11 is 13.1. The molecule has 2 aromatic carbocycles. The number of urea groups is 1. The number of nitrogens with one attached hydrogen (secondary N) is 3. The number of rotatable bonds is 8. The van der Waals surface area contributed by atoms with Crippen LogP contribution in [0.1, 0.15) is 15.9 Å². The summed E-state index contributed by atoms with van der Waals surface area (Å²) < 4.78 is 28.1. The number of anilines is 1. The van der Waals surface area contributed by atoms with Crippen LogP contribution in [0.15, 0.2) is 63.7 Å². The van der Waals surface area contributed by atoms with Crippen molar-refractivity contribution in [2.75, 3.05) is 32.5 Å². The Bertz CT molecular complexity index is 1780. The molecule has 0 aliphatic rings. The SMILES string of the molecule is Cc1ccc2c(=O)n(-c3ccc(NC(=O)NS(=O)(=O)c4ccc(Cl)s4)cc3Cl)cc(C(=O)NCCN(C)C)c2c1. The lowest BCUT2D eigenvalue weighted by Gasteiger charge is -2.16. The van der Waals surface area contributed by atoms with E-state index in [2.05, 4.69) is 10.6 Å². The Morgan fingerprint density at radius 2 is 1.77 bits per heavy atom. The summed E-state index contributed by atoms with van der Waals surface area (Å²) in [6, 6.07) is 11.2. The number of hydrogen-bond donors (Lipinski definition) is 3. The maximum absolute atomic E-state index is 13.4. The molecule has 14 heteroatoms. The lowest BCUT2D eigenvalue weighted by molar-refractivity contribution is 0.0952. The molecule has 2 heterocycles. The number of fused-ring (bicyclic) bond motifs is 1. The number of hydrogen-bond acceptors (Lipinski definition) is 7. The molecule has 0 saturated carbocycles. The van der Waals surface area contributed by atoms with Crippen LogP contribution in [0.2, 0.25) is 9.36 Å². The number of likely N-dealkylation sites (N-methyl/N-ethyl adjacent to an activating group) is 1. The van der Waals surface area contributed by atoms with E-state index in [1.54, 1.807) is 18.2 Å². The number of benzene rings is 2. The minimum atomic E-state index is -4.12. The van der Waals surface area contributed by atoms with Crippen LogP contribution in [0, 0.1) is 6.92 Å². The van der Waals surface area contributed by atoms with Gasteiger partial charge in [0.1, 0.15) is 4.21 Å². The Labute approximate surface area is 244 Å². The summed E-state index contributed by atoms with van der Waals surface area (Å²) in [5, 5.41) is 6.22. The van der Waals surface area contributed by atoms with E-state index >= 15 is 0 Å². The average molecular weight is 623 g/mol. The van der Waals surface area contributed by atoms with Gasteiger partial charge in [0.25, 0.3) is 21.5 Å². The van der Waals surface area contributed by atoms with Crippen molar-refractivity contribution in [2.45, 2.75) is 11.1 Å². The number of sulfonamides is 1. The Morgan fingerprint density at radius 1 is 1.02 bits per heavy atom. The minimum Gasteiger partial charge on any atom is -0.351 e. The highest BCUT2D eigenvalue weighted by atomic mass is 35.5. The van der Waals surface area contributed by atoms with Gasteiger partial charge in [-0.3, -0.25) is 14.2 Å². The topological polar surface area (TPSA) is 130 Å². The number of pyridine rings is 1. The van der Waals surface area contributed by atoms with E-state index in [1.165, 1.54) is 41.1 Å². The molecule has 0 unspecified atom stereocenters. The standard InChI is InChI=1S/C26H25Cl2N5O5S2/c1-15-4-6-17-18(12-15)19(24(34)29-10-11-32(2)3)14-33(25(17)35)21-7-5-16(13-20(21)27)30-26(36)31-40(37,38)23-9-8-22(28)39-23/h4-9,12-14H,10-11H2,1-3H3,(H,29,34)(H2,30,31,36). The molecule has 0 bridgehead atoms. The van der Waals surface area contributed by atoms with Crippen LogP contribution < -0.4 is 20.9 Å². The summed E-state index contributed by atoms with van der Waals surface area (Å²) in [4.78, 5) is 40.9. The third kappa shape index (κ3) is 6.65. The number of carbonyl (C=O) groups excluding carboxylic acids is 2. The second-order valence-electron chi connectivity index (χ2n) is 9.11. The molecule has 0 spiro atoms. The van der Waals surface area contributed by atoms with Gasteiger partial charge < -0.3 is 15.5 Å². The second-order valence-corrected chi connectivity index (χ2v) is 13.1. The molecular weight excluding hydrogens is 597 g/mol. The maximum Gasteiger partial charge on any atom is 0.333 e. The van der Waals surface area contributed by atoms with Gasteiger partial charge in [-0.25, -0.2) is 17.9 Å². The van der Waals surface area contributed by atoms with Crippen molar-refractivity contribution in [2.24, 2.45) is 0 Å². The van der Waals surface area contributed by atoms with Gasteiger partial charge in [0, 0.05) is 35.7 Å². The number of nitrogens with zero attached hydrogens (tertiary/aromatic N) is 2. The third-order valence-corrected chi connectivity index (χ3v) is 9.12. The molecule has 0 fully saturated rings. The molecule has 0 radical (unpaired) electrons. The first-order valence-electron chi connectivity index (χ1n) is 11.8. The number of amides is 3. The molecule has 3 amide bonds. The summed E-state index contributed by atoms with van der Waals surface area (Å²) in [5.41, 5.74) is 1.25. The highest BCUT2D eigenvalue weighted by molar-refractivity contribution is 7.92. The first kappa shape index (κ1) is 29.6. The lowest BCUT2D eigenvalue weighted by Crippen LogP contribution is -2.34. The minimum absolute atomic E-state index is 0.0817. The van der Waals surface area contributed by atoms with E-state index in [0.29, 0.717) is 29.4 Å². The first-order chi connectivity index (χ1) is 18.9. The third-order valence-electron chi connectivity index (χ3n) is 5.77. The summed E-state index contributed by atoms with van der Waals surface area (Å²) in [7, 11) is -0.328. The zero-order valence-corrected chi connectivity index (χ0v) is 24.8. The lowest BCUT2D eigenvalue weighted by atomic mass is 10.0. The van der Waals surface area contributed by atoms with Crippen molar-refractivity contribution in [3.8, 4) is 5.69 Å². The van der Waals surface area contributed by atoms with Crippen LogP contribution in [0.3, 0.4) is 0 Å². The molecule has 2 aromatic heterocycles. The molecule has 0 aliphatic heterocycles. The molecule has 3 N–H and O–H groups in total. The zero-order valence-electron chi connectivity index (χ0n) is 21.6. The van der Waals surface area contributed by atoms with Gasteiger partial charge >= 0.3 is 6.03 Å². The maximum atomic E-state index is 13.4. The summed E-state index contributed by atoms with van der Waals surface area (Å²) in [5.74, 6) is -0.342. The number of thiophene rings is 1. The quantitative estimate of drug-likeness (QED) is 0.266. The van der Waals surface area contributed by atoms with Crippen molar-refractivity contribution < 1.29 is 18.0 Å². The molecule has 10 nitrogen and oxygen atoms in total. The van der Waals surface area contributed by atoms with Crippen LogP contribution in [-0.4, -0.2) is 57.0 Å². The fourth-order valence-corrected chi connectivity index (χ4v) is 6.52. The molecular formula is C26H25Cl2N5O5S2. The van der Waals surface area contributed by atoms with Gasteiger partial charge in [-0.15, -0.1) is 11.3 Å². The van der Waals surface area contributed by atoms with E-state index in [-0.39, 0.29) is 36.4 Å². The van der Waals surface area contributed by atoms with Crippen molar-refractivity contribution in [3.63, 3.8) is 0 Å². The van der Waals surface area contributed by atoms with Crippen molar-refractivity contribution in [1.82, 2.24) is 19.5 Å². The van der Waals surface area contributed by atoms with E-state index in [9.17, 15) is 22.8 Å². The molecule has 0 aliphatic carbocycles. The van der Waals surface area contributed by atoms with Crippen LogP contribution in [0.5, 0.6) is 0 Å². The summed E-state index contributed by atoms with van der Waals surface area (Å²) in [6.07, 6.45) is 1.44. The Balaban J connectivity index is 1.64. The smallest absolute Gasteiger partial charge is 0.333 e. The van der Waals surface area contributed by atoms with Gasteiger partial charge in [-0.2, -0.15) is 0 Å². The fraction of sp³-hybridized carbons (Fsp3) is 0.192. The molecule has 0 atom stereocenters. The van der Waals surface area contributed by atoms with Crippen molar-refractivity contribution in [1.29, 1.82) is 0 Å². The summed E-state index contributed by atoms with van der Waals surface area (Å²) in [6.45, 7) is 2.92. The Morgan fingerprint density at radius 3 is 2.42 bits per heavy atom. The monoisotopic (exact) mass is 621 g/mol. The van der Waals surface area contributed by atoms with E-state index < -0.39 is 16.1 Å². The van der Waals surface area contributed by atoms with Crippen LogP contribution in [-0.2, 0) is 10.0 Å². The second kappa shape index (κ2) is 12.0. The number of aromatic nitrogens is 1. The van der Waals surface area contributed by atoms with E-state index in [1.807, 2.05) is 30.6 Å². The van der Waals surface area contributed by atoms with Gasteiger partial charge in [0.2, 0.25) is 0 Å². The van der Waals surface area contributed by atoms with Crippen LogP contribution >= 0.6 is 34.5 Å². The van der Waals surface area contributed by atoms with E-state index in [4.69, 9.17) is 23.2 Å². The average Bonchev–Trinajstić information content (AvgIpc) is 3.31. The zero-order chi connectivity index (χ0) is 29.2. The van der Waals surface area contributed by atoms with Gasteiger partial charge in [-0.05, 0) is 57.4 Å². The first-order valence-corrected chi connectivity index (χ1v) is 14.9. The predicted molar refractivity (Wildman–Crippen MR) is 159 cm³/mol. The number of halogens is 2. The Hall–Kier alpha value is -3.42. The number of aryl methyl sites for hydroxylation is 1. The highest BCUT2D eigenvalue weighted by Gasteiger charge is 2.21. The normalized spacial score (nSPS) is 11.6. The predicted octanol–water partition coefficient (Wildman–Crippen LogP) is 4.47. The van der Waals surface area contributed by atoms with Crippen LogP contribution in [0.4, 0.5) is 10.5 Å². The van der Waals surface area contributed by atoms with E-state index in [0.717, 1.165) is 16.9 Å². The van der Waals surface area contributed by atoms with Crippen molar-refractivity contribution >= 4 is 73.0 Å². The largest absolute Gasteiger partial charge is 0.351 e. The molecule has 4 rings (SSSR count).